The number of hydrogen-bond donors (Lipinski definition) is 0. The normalized spacial score (nSPS) is 15.8. The van der Waals surface area contributed by atoms with E-state index in [-0.39, 0.29) is 15.8 Å². The standard InChI is InChI=1S/C22H24ClN3O4S/c1-3-29-20-9-8-17(14-19(20)23)31(27,28)26-12-10-16(11-13-26)21-24-25-22(30-21)18-7-5-4-6-15(18)2/h4-9,14,16H,3,10-13H2,1-2H3. The van der Waals surface area contributed by atoms with Crippen molar-refractivity contribution >= 4 is 21.6 Å². The second-order valence-corrected chi connectivity index (χ2v) is 9.81. The van der Waals surface area contributed by atoms with Gasteiger partial charge in [-0.15, -0.1) is 10.2 Å². The molecule has 0 unspecified atom stereocenters. The zero-order valence-corrected chi connectivity index (χ0v) is 19.0. The van der Waals surface area contributed by atoms with Gasteiger partial charge in [-0.25, -0.2) is 8.42 Å². The lowest BCUT2D eigenvalue weighted by Crippen LogP contribution is -2.38. The van der Waals surface area contributed by atoms with Crippen molar-refractivity contribution < 1.29 is 17.6 Å². The summed E-state index contributed by atoms with van der Waals surface area (Å²) in [6.07, 6.45) is 1.22. The highest BCUT2D eigenvalue weighted by atomic mass is 35.5. The van der Waals surface area contributed by atoms with E-state index in [1.165, 1.54) is 16.4 Å². The summed E-state index contributed by atoms with van der Waals surface area (Å²) in [5.74, 6) is 1.55. The van der Waals surface area contributed by atoms with E-state index in [0.717, 1.165) is 11.1 Å². The molecule has 3 aromatic rings. The van der Waals surface area contributed by atoms with E-state index in [2.05, 4.69) is 10.2 Å². The Labute approximate surface area is 187 Å². The predicted molar refractivity (Wildman–Crippen MR) is 118 cm³/mol. The molecule has 31 heavy (non-hydrogen) atoms. The molecule has 0 amide bonds. The van der Waals surface area contributed by atoms with Gasteiger partial charge in [-0.2, -0.15) is 4.31 Å². The van der Waals surface area contributed by atoms with Gasteiger partial charge >= 0.3 is 0 Å². The first-order valence-electron chi connectivity index (χ1n) is 10.2. The highest BCUT2D eigenvalue weighted by molar-refractivity contribution is 7.89. The van der Waals surface area contributed by atoms with Crippen molar-refractivity contribution in [3.8, 4) is 17.2 Å². The first-order valence-corrected chi connectivity index (χ1v) is 12.0. The number of piperidine rings is 1. The summed E-state index contributed by atoms with van der Waals surface area (Å²) in [4.78, 5) is 0.166. The Kier molecular flexibility index (Phi) is 6.31. The van der Waals surface area contributed by atoms with Crippen molar-refractivity contribution in [2.75, 3.05) is 19.7 Å². The second kappa shape index (κ2) is 8.98. The summed E-state index contributed by atoms with van der Waals surface area (Å²) in [5.41, 5.74) is 1.97. The number of aryl methyl sites for hydroxylation is 1. The topological polar surface area (TPSA) is 85.5 Å². The highest BCUT2D eigenvalue weighted by Gasteiger charge is 2.32. The largest absolute Gasteiger partial charge is 0.492 e. The quantitative estimate of drug-likeness (QED) is 0.530. The Morgan fingerprint density at radius 2 is 1.90 bits per heavy atom. The number of halogens is 1. The van der Waals surface area contributed by atoms with Crippen molar-refractivity contribution in [3.63, 3.8) is 0 Å². The smallest absolute Gasteiger partial charge is 0.248 e. The molecule has 1 aromatic heterocycles. The summed E-state index contributed by atoms with van der Waals surface area (Å²) in [7, 11) is -3.64. The number of aromatic nitrogens is 2. The second-order valence-electron chi connectivity index (χ2n) is 7.46. The number of benzene rings is 2. The van der Waals surface area contributed by atoms with Crippen molar-refractivity contribution in [2.45, 2.75) is 37.5 Å². The number of sulfonamides is 1. The fraction of sp³-hybridized carbons (Fsp3) is 0.364. The summed E-state index contributed by atoms with van der Waals surface area (Å²) in [6.45, 7) is 5.05. The van der Waals surface area contributed by atoms with Crippen molar-refractivity contribution in [1.82, 2.24) is 14.5 Å². The molecule has 0 bridgehead atoms. The monoisotopic (exact) mass is 461 g/mol. The molecular formula is C22H24ClN3O4S. The Bertz CT molecular complexity index is 1170. The average Bonchev–Trinajstić information content (AvgIpc) is 3.25. The minimum Gasteiger partial charge on any atom is -0.492 e. The lowest BCUT2D eigenvalue weighted by molar-refractivity contribution is 0.291. The fourth-order valence-corrected chi connectivity index (χ4v) is 5.52. The van der Waals surface area contributed by atoms with E-state index in [0.29, 0.717) is 50.1 Å². The maximum absolute atomic E-state index is 13.1. The van der Waals surface area contributed by atoms with Gasteiger partial charge in [0.25, 0.3) is 0 Å². The lowest BCUT2D eigenvalue weighted by Gasteiger charge is -2.29. The van der Waals surface area contributed by atoms with Gasteiger partial charge in [0.05, 0.1) is 16.5 Å². The summed E-state index contributed by atoms with van der Waals surface area (Å²) in [6, 6.07) is 12.4. The fourth-order valence-electron chi connectivity index (χ4n) is 3.73. The lowest BCUT2D eigenvalue weighted by atomic mass is 9.98. The Balaban J connectivity index is 1.45. The van der Waals surface area contributed by atoms with Crippen LogP contribution in [0, 0.1) is 6.92 Å². The highest BCUT2D eigenvalue weighted by Crippen LogP contribution is 2.34. The zero-order chi connectivity index (χ0) is 22.0. The number of hydrogen-bond acceptors (Lipinski definition) is 6. The first kappa shape index (κ1) is 21.8. The van der Waals surface area contributed by atoms with E-state index < -0.39 is 10.0 Å². The molecule has 0 N–H and O–H groups in total. The van der Waals surface area contributed by atoms with Crippen LogP contribution >= 0.6 is 11.6 Å². The van der Waals surface area contributed by atoms with Crippen molar-refractivity contribution in [3.05, 3.63) is 58.9 Å². The molecule has 0 saturated carbocycles. The van der Waals surface area contributed by atoms with Gasteiger partial charge in [0.15, 0.2) is 0 Å². The maximum Gasteiger partial charge on any atom is 0.248 e. The molecule has 1 fully saturated rings. The average molecular weight is 462 g/mol. The van der Waals surface area contributed by atoms with Gasteiger partial charge in [-0.1, -0.05) is 29.8 Å². The predicted octanol–water partition coefficient (Wildman–Crippen LogP) is 4.67. The van der Waals surface area contributed by atoms with Gasteiger partial charge < -0.3 is 9.15 Å². The minimum atomic E-state index is -3.64. The minimum absolute atomic E-state index is 0.0284. The molecule has 0 aliphatic carbocycles. The third-order valence-electron chi connectivity index (χ3n) is 5.46. The first-order chi connectivity index (χ1) is 14.9. The van der Waals surface area contributed by atoms with Gasteiger partial charge in [0.1, 0.15) is 5.75 Å². The summed E-state index contributed by atoms with van der Waals surface area (Å²) < 4.78 is 38.9. The molecule has 1 aliphatic heterocycles. The zero-order valence-electron chi connectivity index (χ0n) is 17.4. The van der Waals surface area contributed by atoms with Crippen LogP contribution in [0.25, 0.3) is 11.5 Å². The molecule has 1 aliphatic rings. The summed E-state index contributed by atoms with van der Waals surface area (Å²) in [5, 5.41) is 8.71. The van der Waals surface area contributed by atoms with E-state index in [4.69, 9.17) is 20.8 Å². The van der Waals surface area contributed by atoms with Crippen LogP contribution in [-0.2, 0) is 10.0 Å². The molecule has 0 spiro atoms. The molecule has 0 radical (unpaired) electrons. The van der Waals surface area contributed by atoms with Gasteiger partial charge in [0.2, 0.25) is 21.8 Å². The van der Waals surface area contributed by atoms with Crippen LogP contribution in [0.2, 0.25) is 5.02 Å². The summed E-state index contributed by atoms with van der Waals surface area (Å²) >= 11 is 6.18. The SMILES string of the molecule is CCOc1ccc(S(=O)(=O)N2CCC(c3nnc(-c4ccccc4C)o3)CC2)cc1Cl. The Hall–Kier alpha value is -2.42. The van der Waals surface area contributed by atoms with E-state index in [1.54, 1.807) is 6.07 Å². The van der Waals surface area contributed by atoms with Crippen LogP contribution in [0.4, 0.5) is 0 Å². The van der Waals surface area contributed by atoms with Gasteiger partial charge in [-0.05, 0) is 56.5 Å². The van der Waals surface area contributed by atoms with Crippen molar-refractivity contribution in [2.24, 2.45) is 0 Å². The Morgan fingerprint density at radius 1 is 1.16 bits per heavy atom. The molecule has 0 atom stereocenters. The van der Waals surface area contributed by atoms with Gasteiger partial charge in [0, 0.05) is 24.6 Å². The van der Waals surface area contributed by atoms with Crippen LogP contribution in [-0.4, -0.2) is 42.6 Å². The molecule has 1 saturated heterocycles. The van der Waals surface area contributed by atoms with Crippen LogP contribution in [0.5, 0.6) is 5.75 Å². The maximum atomic E-state index is 13.1. The van der Waals surface area contributed by atoms with E-state index in [1.807, 2.05) is 38.1 Å². The molecule has 2 aromatic carbocycles. The number of rotatable bonds is 6. The molecular weight excluding hydrogens is 438 g/mol. The molecule has 4 rings (SSSR count). The molecule has 7 nitrogen and oxygen atoms in total. The van der Waals surface area contributed by atoms with Crippen LogP contribution in [0.15, 0.2) is 51.8 Å². The van der Waals surface area contributed by atoms with Crippen molar-refractivity contribution in [1.29, 1.82) is 0 Å². The Morgan fingerprint density at radius 3 is 2.58 bits per heavy atom. The van der Waals surface area contributed by atoms with E-state index >= 15 is 0 Å². The molecule has 164 valence electrons. The molecule has 2 heterocycles. The third kappa shape index (κ3) is 4.46. The van der Waals surface area contributed by atoms with Crippen LogP contribution in [0.1, 0.15) is 37.1 Å². The number of ether oxygens (including phenoxy) is 1. The van der Waals surface area contributed by atoms with E-state index in [9.17, 15) is 8.42 Å². The molecule has 9 heteroatoms. The number of nitrogens with zero attached hydrogens (tertiary/aromatic N) is 3. The van der Waals surface area contributed by atoms with Crippen LogP contribution < -0.4 is 4.74 Å². The van der Waals surface area contributed by atoms with Gasteiger partial charge in [-0.3, -0.25) is 0 Å². The van der Waals surface area contributed by atoms with Crippen LogP contribution in [0.3, 0.4) is 0 Å². The third-order valence-corrected chi connectivity index (χ3v) is 7.65.